The van der Waals surface area contributed by atoms with Gasteiger partial charge in [0.1, 0.15) is 5.75 Å². The standard InChI is InChI=1S/C16H24BrNO2/c1-3-5-6-7-8-11-18-16(19)14-12-13(17)9-10-15(14)20-4-2/h9-10,12H,3-8,11H2,1-2H3,(H,18,19). The highest BCUT2D eigenvalue weighted by atomic mass is 79.9. The van der Waals surface area contributed by atoms with Crippen molar-refractivity contribution in [2.45, 2.75) is 46.0 Å². The van der Waals surface area contributed by atoms with Crippen molar-refractivity contribution in [2.75, 3.05) is 13.2 Å². The number of halogens is 1. The minimum absolute atomic E-state index is 0.0646. The zero-order valence-corrected chi connectivity index (χ0v) is 14.0. The first-order valence-corrected chi connectivity index (χ1v) is 8.18. The van der Waals surface area contributed by atoms with Gasteiger partial charge in [-0.3, -0.25) is 4.79 Å². The third kappa shape index (κ3) is 5.95. The molecule has 0 aliphatic rings. The van der Waals surface area contributed by atoms with Crippen LogP contribution in [0.5, 0.6) is 5.75 Å². The van der Waals surface area contributed by atoms with Gasteiger partial charge in [0.15, 0.2) is 0 Å². The van der Waals surface area contributed by atoms with Crippen molar-refractivity contribution in [3.63, 3.8) is 0 Å². The fourth-order valence-electron chi connectivity index (χ4n) is 1.99. The molecule has 0 atom stereocenters. The molecule has 0 saturated carbocycles. The van der Waals surface area contributed by atoms with Gasteiger partial charge in [0.05, 0.1) is 12.2 Å². The summed E-state index contributed by atoms with van der Waals surface area (Å²) in [6, 6.07) is 5.51. The topological polar surface area (TPSA) is 38.3 Å². The number of hydrogen-bond acceptors (Lipinski definition) is 2. The molecule has 0 spiro atoms. The van der Waals surface area contributed by atoms with Gasteiger partial charge in [-0.1, -0.05) is 48.5 Å². The number of unbranched alkanes of at least 4 members (excludes halogenated alkanes) is 4. The van der Waals surface area contributed by atoms with Crippen LogP contribution in [-0.2, 0) is 0 Å². The molecule has 1 N–H and O–H groups in total. The molecule has 20 heavy (non-hydrogen) atoms. The Kier molecular flexibility index (Phi) is 8.35. The van der Waals surface area contributed by atoms with Crippen LogP contribution in [0.15, 0.2) is 22.7 Å². The number of amides is 1. The normalized spacial score (nSPS) is 10.3. The molecule has 3 nitrogen and oxygen atoms in total. The largest absolute Gasteiger partial charge is 0.493 e. The molecule has 1 amide bonds. The summed E-state index contributed by atoms with van der Waals surface area (Å²) in [5, 5.41) is 2.96. The molecule has 0 heterocycles. The van der Waals surface area contributed by atoms with Crippen LogP contribution in [0, 0.1) is 0 Å². The van der Waals surface area contributed by atoms with Crippen LogP contribution in [0.3, 0.4) is 0 Å². The van der Waals surface area contributed by atoms with Gasteiger partial charge in [0, 0.05) is 11.0 Å². The maximum Gasteiger partial charge on any atom is 0.255 e. The van der Waals surface area contributed by atoms with Crippen molar-refractivity contribution in [3.05, 3.63) is 28.2 Å². The quantitative estimate of drug-likeness (QED) is 0.669. The van der Waals surface area contributed by atoms with E-state index in [1.54, 1.807) is 6.07 Å². The summed E-state index contributed by atoms with van der Waals surface area (Å²) in [6.45, 7) is 5.39. The highest BCUT2D eigenvalue weighted by molar-refractivity contribution is 9.10. The van der Waals surface area contributed by atoms with Crippen molar-refractivity contribution in [2.24, 2.45) is 0 Å². The molecule has 0 aromatic heterocycles. The maximum absolute atomic E-state index is 12.2. The van der Waals surface area contributed by atoms with E-state index in [0.717, 1.165) is 17.4 Å². The summed E-state index contributed by atoms with van der Waals surface area (Å²) in [7, 11) is 0. The Morgan fingerprint density at radius 1 is 1.20 bits per heavy atom. The fraction of sp³-hybridized carbons (Fsp3) is 0.562. The maximum atomic E-state index is 12.2. The second-order valence-corrected chi connectivity index (χ2v) is 5.66. The molecule has 1 rings (SSSR count). The lowest BCUT2D eigenvalue weighted by molar-refractivity contribution is 0.0949. The zero-order chi connectivity index (χ0) is 14.8. The molecule has 4 heteroatoms. The van der Waals surface area contributed by atoms with E-state index >= 15 is 0 Å². The summed E-state index contributed by atoms with van der Waals surface area (Å²) in [5.74, 6) is 0.574. The predicted octanol–water partition coefficient (Wildman–Crippen LogP) is 4.55. The minimum atomic E-state index is -0.0646. The molecule has 0 radical (unpaired) electrons. The first-order valence-electron chi connectivity index (χ1n) is 7.39. The van der Waals surface area contributed by atoms with Crippen molar-refractivity contribution in [3.8, 4) is 5.75 Å². The Hall–Kier alpha value is -1.03. The number of hydrogen-bond donors (Lipinski definition) is 1. The van der Waals surface area contributed by atoms with Crippen molar-refractivity contribution in [1.82, 2.24) is 5.32 Å². The van der Waals surface area contributed by atoms with Crippen LogP contribution in [0.2, 0.25) is 0 Å². The summed E-state index contributed by atoms with van der Waals surface area (Å²) in [6.07, 6.45) is 5.96. The third-order valence-corrected chi connectivity index (χ3v) is 3.55. The van der Waals surface area contributed by atoms with E-state index in [0.29, 0.717) is 17.9 Å². The smallest absolute Gasteiger partial charge is 0.255 e. The minimum Gasteiger partial charge on any atom is -0.493 e. The van der Waals surface area contributed by atoms with E-state index < -0.39 is 0 Å². The van der Waals surface area contributed by atoms with Gasteiger partial charge in [-0.2, -0.15) is 0 Å². The zero-order valence-electron chi connectivity index (χ0n) is 12.4. The molecule has 1 aromatic rings. The highest BCUT2D eigenvalue weighted by Crippen LogP contribution is 2.23. The average molecular weight is 342 g/mol. The molecule has 0 saturated heterocycles. The van der Waals surface area contributed by atoms with Crippen LogP contribution < -0.4 is 10.1 Å². The Morgan fingerprint density at radius 2 is 1.95 bits per heavy atom. The Balaban J connectivity index is 2.47. The van der Waals surface area contributed by atoms with Gasteiger partial charge in [-0.25, -0.2) is 0 Å². The van der Waals surface area contributed by atoms with Gasteiger partial charge in [-0.05, 0) is 31.5 Å². The average Bonchev–Trinajstić information content (AvgIpc) is 2.44. The second-order valence-electron chi connectivity index (χ2n) is 4.74. The molecule has 0 fully saturated rings. The van der Waals surface area contributed by atoms with Crippen molar-refractivity contribution >= 4 is 21.8 Å². The molecule has 0 bridgehead atoms. The van der Waals surface area contributed by atoms with Crippen molar-refractivity contribution in [1.29, 1.82) is 0 Å². The van der Waals surface area contributed by atoms with Gasteiger partial charge in [0.2, 0.25) is 0 Å². The number of carbonyl (C=O) groups excluding carboxylic acids is 1. The van der Waals surface area contributed by atoms with Gasteiger partial charge >= 0.3 is 0 Å². The van der Waals surface area contributed by atoms with Gasteiger partial charge in [-0.15, -0.1) is 0 Å². The van der Waals surface area contributed by atoms with E-state index in [4.69, 9.17) is 4.74 Å². The SMILES string of the molecule is CCCCCCCNC(=O)c1cc(Br)ccc1OCC. The monoisotopic (exact) mass is 341 g/mol. The molecule has 0 unspecified atom stereocenters. The van der Waals surface area contributed by atoms with Crippen LogP contribution >= 0.6 is 15.9 Å². The lowest BCUT2D eigenvalue weighted by Gasteiger charge is -2.11. The van der Waals surface area contributed by atoms with Crippen molar-refractivity contribution < 1.29 is 9.53 Å². The Morgan fingerprint density at radius 3 is 2.65 bits per heavy atom. The number of carbonyl (C=O) groups is 1. The third-order valence-electron chi connectivity index (χ3n) is 3.05. The summed E-state index contributed by atoms with van der Waals surface area (Å²) >= 11 is 3.39. The van der Waals surface area contributed by atoms with E-state index in [9.17, 15) is 4.79 Å². The Labute approximate surface area is 130 Å². The second kappa shape index (κ2) is 9.81. The molecule has 0 aliphatic carbocycles. The number of rotatable bonds is 9. The molecular formula is C16H24BrNO2. The highest BCUT2D eigenvalue weighted by Gasteiger charge is 2.12. The number of ether oxygens (including phenoxy) is 1. The predicted molar refractivity (Wildman–Crippen MR) is 86.4 cm³/mol. The van der Waals surface area contributed by atoms with E-state index in [1.807, 2.05) is 19.1 Å². The molecule has 1 aromatic carbocycles. The van der Waals surface area contributed by atoms with Gasteiger partial charge < -0.3 is 10.1 Å². The summed E-state index contributed by atoms with van der Waals surface area (Å²) in [5.41, 5.74) is 0.592. The number of benzene rings is 1. The van der Waals surface area contributed by atoms with Gasteiger partial charge in [0.25, 0.3) is 5.91 Å². The Bertz CT molecular complexity index is 421. The lowest BCUT2D eigenvalue weighted by Crippen LogP contribution is -2.25. The van der Waals surface area contributed by atoms with E-state index in [2.05, 4.69) is 28.2 Å². The lowest BCUT2D eigenvalue weighted by atomic mass is 10.1. The first-order chi connectivity index (χ1) is 9.69. The van der Waals surface area contributed by atoms with Crippen LogP contribution in [0.25, 0.3) is 0 Å². The molecular weight excluding hydrogens is 318 g/mol. The van der Waals surface area contributed by atoms with E-state index in [1.165, 1.54) is 25.7 Å². The number of nitrogens with one attached hydrogen (secondary N) is 1. The van der Waals surface area contributed by atoms with Crippen LogP contribution in [0.1, 0.15) is 56.3 Å². The van der Waals surface area contributed by atoms with E-state index in [-0.39, 0.29) is 5.91 Å². The first kappa shape index (κ1) is 17.0. The molecule has 112 valence electrons. The summed E-state index contributed by atoms with van der Waals surface area (Å²) in [4.78, 5) is 12.2. The van der Waals surface area contributed by atoms with Crippen LogP contribution in [0.4, 0.5) is 0 Å². The fourth-order valence-corrected chi connectivity index (χ4v) is 2.35. The summed E-state index contributed by atoms with van der Waals surface area (Å²) < 4.78 is 6.37. The molecule has 0 aliphatic heterocycles. The van der Waals surface area contributed by atoms with Crippen LogP contribution in [-0.4, -0.2) is 19.1 Å².